The van der Waals surface area contributed by atoms with Crippen LogP contribution in [0.25, 0.3) is 11.3 Å². The number of nitrogens with one attached hydrogen (secondary N) is 2. The Kier molecular flexibility index (Phi) is 5.40. The lowest BCUT2D eigenvalue weighted by Gasteiger charge is -2.25. The molecule has 1 heterocycles. The fraction of sp³-hybridized carbons (Fsp3) is 0.304. The number of rotatable bonds is 7. The molecule has 1 spiro atoms. The van der Waals surface area contributed by atoms with Crippen molar-refractivity contribution in [2.24, 2.45) is 0 Å². The van der Waals surface area contributed by atoms with Crippen LogP contribution in [0.1, 0.15) is 34.3 Å². The number of ether oxygens (including phenoxy) is 2. The Bertz CT molecular complexity index is 1230. The van der Waals surface area contributed by atoms with Gasteiger partial charge in [0.1, 0.15) is 11.5 Å². The maximum absolute atomic E-state index is 12.7. The second-order valence-electron chi connectivity index (χ2n) is 8.03. The van der Waals surface area contributed by atoms with Crippen LogP contribution in [0.2, 0.25) is 0 Å². The first-order chi connectivity index (χ1) is 15.9. The zero-order valence-corrected chi connectivity index (χ0v) is 18.7. The molecule has 2 aliphatic rings. The van der Waals surface area contributed by atoms with Gasteiger partial charge in [0.15, 0.2) is 11.6 Å². The summed E-state index contributed by atoms with van der Waals surface area (Å²) < 4.78 is 44.4. The molecule has 3 aromatic rings. The van der Waals surface area contributed by atoms with E-state index >= 15 is 0 Å². The summed E-state index contributed by atoms with van der Waals surface area (Å²) in [5.41, 5.74) is 3.20. The molecule has 0 saturated heterocycles. The highest BCUT2D eigenvalue weighted by Crippen LogP contribution is 2.59. The normalized spacial score (nSPS) is 15.1. The number of carbonyl (C=O) groups excluding carboxylic acids is 1. The molecular formula is C23H21F2N3O4S. The van der Waals surface area contributed by atoms with Crippen LogP contribution in [0.4, 0.5) is 14.6 Å². The van der Waals surface area contributed by atoms with E-state index in [1.165, 1.54) is 19.1 Å². The second-order valence-corrected chi connectivity index (χ2v) is 8.88. The summed E-state index contributed by atoms with van der Waals surface area (Å²) in [4.78, 5) is 12.7. The molecule has 172 valence electrons. The first-order valence-electron chi connectivity index (χ1n) is 10.4. The highest BCUT2D eigenvalue weighted by molar-refractivity contribution is 8.00. The number of fused-ring (bicyclic) bond motifs is 4. The van der Waals surface area contributed by atoms with E-state index in [4.69, 9.17) is 9.26 Å². The van der Waals surface area contributed by atoms with Crippen LogP contribution >= 0.6 is 11.9 Å². The van der Waals surface area contributed by atoms with Crippen LogP contribution < -0.4 is 19.5 Å². The fourth-order valence-corrected chi connectivity index (χ4v) is 5.03. The highest BCUT2D eigenvalue weighted by Gasteiger charge is 2.50. The maximum Gasteiger partial charge on any atom is 0.387 e. The van der Waals surface area contributed by atoms with Crippen molar-refractivity contribution in [3.63, 3.8) is 0 Å². The monoisotopic (exact) mass is 473 g/mol. The number of halogens is 2. The third kappa shape index (κ3) is 3.88. The lowest BCUT2D eigenvalue weighted by Crippen LogP contribution is -2.18. The van der Waals surface area contributed by atoms with Gasteiger partial charge in [0.05, 0.1) is 12.0 Å². The van der Waals surface area contributed by atoms with Crippen LogP contribution in [-0.2, 0) is 11.8 Å². The van der Waals surface area contributed by atoms with E-state index in [-0.39, 0.29) is 17.1 Å². The molecular weight excluding hydrogens is 452 g/mol. The van der Waals surface area contributed by atoms with Gasteiger partial charge in [0.2, 0.25) is 0 Å². The van der Waals surface area contributed by atoms with Crippen molar-refractivity contribution in [2.75, 3.05) is 18.9 Å². The molecule has 1 aromatic heterocycles. The number of anilines is 1. The van der Waals surface area contributed by atoms with Crippen molar-refractivity contribution in [3.05, 3.63) is 53.1 Å². The predicted molar refractivity (Wildman–Crippen MR) is 119 cm³/mol. The van der Waals surface area contributed by atoms with Gasteiger partial charge < -0.3 is 24.0 Å². The zero-order valence-electron chi connectivity index (χ0n) is 17.9. The van der Waals surface area contributed by atoms with E-state index in [1.54, 1.807) is 37.4 Å². The van der Waals surface area contributed by atoms with Crippen molar-refractivity contribution in [3.8, 4) is 22.8 Å². The van der Waals surface area contributed by atoms with E-state index < -0.39 is 6.61 Å². The molecule has 2 aromatic carbocycles. The summed E-state index contributed by atoms with van der Waals surface area (Å²) in [5.74, 6) is 1.57. The fourth-order valence-electron chi connectivity index (χ4n) is 4.29. The number of amides is 1. The number of aromatic nitrogens is 1. The third-order valence-electron chi connectivity index (χ3n) is 6.10. The summed E-state index contributed by atoms with van der Waals surface area (Å²) in [6.45, 7) is -2.89. The topological polar surface area (TPSA) is 85.6 Å². The molecule has 0 aliphatic heterocycles. The van der Waals surface area contributed by atoms with E-state index in [1.807, 2.05) is 6.07 Å². The summed E-state index contributed by atoms with van der Waals surface area (Å²) in [6.07, 6.45) is 2.78. The molecule has 0 bridgehead atoms. The lowest BCUT2D eigenvalue weighted by atomic mass is 9.79. The number of methoxy groups -OCH3 is 1. The van der Waals surface area contributed by atoms with Crippen LogP contribution in [0, 0.1) is 0 Å². The van der Waals surface area contributed by atoms with Gasteiger partial charge in [0.25, 0.3) is 5.91 Å². The Morgan fingerprint density at radius 2 is 2.06 bits per heavy atom. The summed E-state index contributed by atoms with van der Waals surface area (Å²) in [5, 5.41) is 6.80. The Labute approximate surface area is 192 Å². The van der Waals surface area contributed by atoms with Crippen LogP contribution in [0.3, 0.4) is 0 Å². The van der Waals surface area contributed by atoms with Crippen LogP contribution in [0.15, 0.2) is 45.8 Å². The summed E-state index contributed by atoms with van der Waals surface area (Å²) in [7, 11) is 3.11. The number of alkyl halides is 2. The van der Waals surface area contributed by atoms with Gasteiger partial charge in [-0.15, -0.1) is 0 Å². The van der Waals surface area contributed by atoms with Gasteiger partial charge in [-0.1, -0.05) is 11.2 Å². The first-order valence-corrected chi connectivity index (χ1v) is 11.2. The van der Waals surface area contributed by atoms with Gasteiger partial charge in [0, 0.05) is 29.2 Å². The molecule has 0 radical (unpaired) electrons. The molecule has 33 heavy (non-hydrogen) atoms. The molecule has 1 amide bonds. The van der Waals surface area contributed by atoms with E-state index in [2.05, 4.69) is 19.9 Å². The molecule has 7 nitrogen and oxygen atoms in total. The first kappa shape index (κ1) is 21.6. The van der Waals surface area contributed by atoms with Gasteiger partial charge in [-0.05, 0) is 67.1 Å². The average molecular weight is 474 g/mol. The number of nitrogens with zero attached hydrogens (tertiary/aromatic N) is 1. The Morgan fingerprint density at radius 3 is 2.76 bits per heavy atom. The van der Waals surface area contributed by atoms with Crippen molar-refractivity contribution < 1.29 is 27.6 Å². The molecule has 0 atom stereocenters. The standard InChI is InChI=1S/C23H21F2N3O4S/c1-26-21(29)12-3-6-18(17(9-12)30-2)33-28-20-15-11-23(7-8-23)16-5-4-13(31-22(24)25)10-14(16)19(15)32-27-20/h3-6,9-10,22H,7-8,11H2,1-2H3,(H,26,29)(H,27,28). The number of hydrogen-bond donors (Lipinski definition) is 2. The smallest absolute Gasteiger partial charge is 0.387 e. The molecule has 1 saturated carbocycles. The van der Waals surface area contributed by atoms with Gasteiger partial charge in [-0.3, -0.25) is 4.79 Å². The van der Waals surface area contributed by atoms with Gasteiger partial charge in [-0.2, -0.15) is 8.78 Å². The number of benzene rings is 2. The Balaban J connectivity index is 1.43. The second kappa shape index (κ2) is 8.26. The van der Waals surface area contributed by atoms with E-state index in [9.17, 15) is 13.6 Å². The van der Waals surface area contributed by atoms with Crippen molar-refractivity contribution in [2.45, 2.75) is 36.2 Å². The van der Waals surface area contributed by atoms with Gasteiger partial charge >= 0.3 is 6.61 Å². The summed E-state index contributed by atoms with van der Waals surface area (Å²) in [6, 6.07) is 10.2. The van der Waals surface area contributed by atoms with E-state index in [0.29, 0.717) is 22.9 Å². The number of carbonyl (C=O) groups is 1. The molecule has 2 aliphatic carbocycles. The maximum atomic E-state index is 12.7. The Morgan fingerprint density at radius 1 is 1.24 bits per heavy atom. The summed E-state index contributed by atoms with van der Waals surface area (Å²) >= 11 is 1.29. The minimum atomic E-state index is -2.89. The minimum Gasteiger partial charge on any atom is -0.495 e. The van der Waals surface area contributed by atoms with Crippen molar-refractivity contribution in [1.29, 1.82) is 0 Å². The molecule has 0 unspecified atom stereocenters. The number of hydrogen-bond acceptors (Lipinski definition) is 7. The van der Waals surface area contributed by atoms with Gasteiger partial charge in [-0.25, -0.2) is 0 Å². The quantitative estimate of drug-likeness (QED) is 0.466. The SMILES string of the molecule is CNC(=O)c1ccc(SNc2noc3c2CC2(CC2)c2ccc(OC(F)F)cc2-3)c(OC)c1. The average Bonchev–Trinajstić information content (AvgIpc) is 3.47. The largest absolute Gasteiger partial charge is 0.495 e. The zero-order chi connectivity index (χ0) is 23.2. The molecule has 2 N–H and O–H groups in total. The Hall–Kier alpha value is -3.27. The lowest BCUT2D eigenvalue weighted by molar-refractivity contribution is -0.0498. The molecule has 5 rings (SSSR count). The predicted octanol–water partition coefficient (Wildman–Crippen LogP) is 5.02. The van der Waals surface area contributed by atoms with Crippen molar-refractivity contribution >= 4 is 23.7 Å². The third-order valence-corrected chi connectivity index (χ3v) is 6.95. The van der Waals surface area contributed by atoms with Crippen LogP contribution in [0.5, 0.6) is 11.5 Å². The highest BCUT2D eigenvalue weighted by atomic mass is 32.2. The molecule has 10 heteroatoms. The van der Waals surface area contributed by atoms with E-state index in [0.717, 1.165) is 40.8 Å². The van der Waals surface area contributed by atoms with Crippen molar-refractivity contribution in [1.82, 2.24) is 10.5 Å². The van der Waals surface area contributed by atoms with Crippen LogP contribution in [-0.4, -0.2) is 31.8 Å². The minimum absolute atomic E-state index is 0.0226. The molecule has 1 fully saturated rings.